The van der Waals surface area contributed by atoms with Gasteiger partial charge >= 0.3 is 0 Å². The molecule has 3 aromatic rings. The fraction of sp³-hybridized carbons (Fsp3) is 0.469. The van der Waals surface area contributed by atoms with E-state index in [9.17, 15) is 19.6 Å². The summed E-state index contributed by atoms with van der Waals surface area (Å²) in [5, 5.41) is 34.0. The number of likely N-dealkylation sites (tertiary alicyclic amines) is 1. The largest absolute Gasteiger partial charge is 0.355 e. The molecule has 12 heteroatoms. The predicted octanol–water partition coefficient (Wildman–Crippen LogP) is 1.62. The highest BCUT2D eigenvalue weighted by molar-refractivity contribution is 5.95. The summed E-state index contributed by atoms with van der Waals surface area (Å²) >= 11 is 0. The molecule has 6 rings (SSSR count). The van der Waals surface area contributed by atoms with Crippen LogP contribution in [0.3, 0.4) is 0 Å². The van der Waals surface area contributed by atoms with Crippen LogP contribution in [-0.2, 0) is 23.1 Å². The molecule has 1 unspecified atom stereocenters. The highest BCUT2D eigenvalue weighted by Gasteiger charge is 2.54. The van der Waals surface area contributed by atoms with Gasteiger partial charge in [0.05, 0.1) is 18.0 Å². The van der Waals surface area contributed by atoms with E-state index >= 15 is 0 Å². The third-order valence-electron chi connectivity index (χ3n) is 9.65. The molecule has 0 radical (unpaired) electrons. The molecule has 1 saturated carbocycles. The van der Waals surface area contributed by atoms with Crippen LogP contribution < -0.4 is 16.0 Å². The van der Waals surface area contributed by atoms with Crippen molar-refractivity contribution < 1.29 is 14.4 Å². The number of fused-ring (bicyclic) bond motifs is 3. The lowest BCUT2D eigenvalue weighted by molar-refractivity contribution is -0.131. The average molecular weight is 596 g/mol. The number of benzene rings is 2. The summed E-state index contributed by atoms with van der Waals surface area (Å²) in [4.78, 5) is 40.4. The fourth-order valence-electron chi connectivity index (χ4n) is 7.32. The molecule has 3 amide bonds. The van der Waals surface area contributed by atoms with Gasteiger partial charge in [-0.15, -0.1) is 5.10 Å². The number of rotatable bonds is 9. The van der Waals surface area contributed by atoms with Gasteiger partial charge in [-0.05, 0) is 101 Å². The smallest absolute Gasteiger partial charge is 0.251 e. The number of piperidine rings is 1. The molecule has 1 aromatic heterocycles. The minimum atomic E-state index is -0.881. The number of nitrogens with one attached hydrogen (secondary N) is 4. The molecule has 12 nitrogen and oxygen atoms in total. The molecular formula is C32H37N9O3. The number of H-pyrrole nitrogens is 1. The van der Waals surface area contributed by atoms with Crippen molar-refractivity contribution in [3.8, 4) is 6.07 Å². The Morgan fingerprint density at radius 3 is 2.20 bits per heavy atom. The van der Waals surface area contributed by atoms with Crippen molar-refractivity contribution in [2.45, 2.75) is 69.0 Å². The maximum Gasteiger partial charge on any atom is 0.251 e. The Morgan fingerprint density at radius 1 is 1.05 bits per heavy atom. The zero-order valence-corrected chi connectivity index (χ0v) is 25.2. The van der Waals surface area contributed by atoms with Gasteiger partial charge in [0.15, 0.2) is 5.82 Å². The normalized spacial score (nSPS) is 21.6. The number of nitrogens with zero attached hydrogens (tertiary/aromatic N) is 5. The predicted molar refractivity (Wildman–Crippen MR) is 161 cm³/mol. The van der Waals surface area contributed by atoms with Crippen LogP contribution in [0.5, 0.6) is 0 Å². The van der Waals surface area contributed by atoms with Crippen LogP contribution >= 0.6 is 0 Å². The summed E-state index contributed by atoms with van der Waals surface area (Å²) in [5.74, 6) is 0.586. The molecule has 4 atom stereocenters. The van der Waals surface area contributed by atoms with Gasteiger partial charge in [-0.2, -0.15) is 5.26 Å². The van der Waals surface area contributed by atoms with E-state index in [-0.39, 0.29) is 42.4 Å². The Balaban J connectivity index is 1.43. The van der Waals surface area contributed by atoms with Crippen molar-refractivity contribution in [3.05, 3.63) is 75.6 Å². The van der Waals surface area contributed by atoms with Crippen LogP contribution in [0.2, 0.25) is 0 Å². The zero-order chi connectivity index (χ0) is 31.0. The van der Waals surface area contributed by atoms with Crippen LogP contribution in [0, 0.1) is 17.2 Å². The quantitative estimate of drug-likeness (QED) is 0.289. The molecule has 0 bridgehead atoms. The number of carbonyl (C=O) groups is 3. The van der Waals surface area contributed by atoms with Gasteiger partial charge < -0.3 is 20.9 Å². The zero-order valence-electron chi connectivity index (χ0n) is 25.2. The molecule has 2 aliphatic carbocycles. The molecule has 228 valence electrons. The summed E-state index contributed by atoms with van der Waals surface area (Å²) in [6.45, 7) is 2.19. The van der Waals surface area contributed by atoms with Crippen LogP contribution in [0.25, 0.3) is 0 Å². The van der Waals surface area contributed by atoms with Gasteiger partial charge in [0.25, 0.3) is 11.8 Å². The number of aryl methyl sites for hydroxylation is 2. The maximum absolute atomic E-state index is 13.4. The van der Waals surface area contributed by atoms with Crippen molar-refractivity contribution in [1.29, 1.82) is 5.26 Å². The van der Waals surface area contributed by atoms with Crippen LogP contribution in [0.1, 0.15) is 81.4 Å². The van der Waals surface area contributed by atoms with Crippen molar-refractivity contribution in [3.63, 3.8) is 0 Å². The first-order chi connectivity index (χ1) is 21.3. The third kappa shape index (κ3) is 5.01. The number of aromatic amines is 1. The second-order valence-electron chi connectivity index (χ2n) is 12.0. The summed E-state index contributed by atoms with van der Waals surface area (Å²) in [6.07, 6.45) is 4.23. The average Bonchev–Trinajstić information content (AvgIpc) is 3.44. The topological polar surface area (TPSA) is 169 Å². The number of tetrazole rings is 1. The number of carbonyl (C=O) groups excluding carboxylic acids is 3. The summed E-state index contributed by atoms with van der Waals surface area (Å²) in [7, 11) is 3.22. The van der Waals surface area contributed by atoms with Gasteiger partial charge in [0.1, 0.15) is 6.04 Å². The lowest BCUT2D eigenvalue weighted by Gasteiger charge is -2.37. The van der Waals surface area contributed by atoms with E-state index in [0.717, 1.165) is 35.1 Å². The molecule has 1 aliphatic heterocycles. The van der Waals surface area contributed by atoms with E-state index in [2.05, 4.69) is 49.6 Å². The molecule has 44 heavy (non-hydrogen) atoms. The number of hydrogen-bond donors (Lipinski definition) is 4. The first-order valence-corrected chi connectivity index (χ1v) is 15.2. The summed E-state index contributed by atoms with van der Waals surface area (Å²) in [6, 6.07) is 13.5. The molecule has 0 spiro atoms. The number of hydrogen-bond acceptors (Lipinski definition) is 8. The van der Waals surface area contributed by atoms with Gasteiger partial charge in [-0.25, -0.2) is 5.10 Å². The molecular weight excluding hydrogens is 558 g/mol. The van der Waals surface area contributed by atoms with Gasteiger partial charge in [0, 0.05) is 37.3 Å². The van der Waals surface area contributed by atoms with Crippen LogP contribution in [0.15, 0.2) is 36.4 Å². The standard InChI is InChI=1S/C32H37N9O3/c1-4-23(36-17-28(42)41-24(16-33)13-22-14-27(22)41)15-32(31-37-39-40-38-31)25-9-7-20(29(43)34-2)11-18(25)5-6-19-12-21(30(44)35-3)8-10-26(19)32/h7-12,22-24,27,36H,4-6,13-15,17H2,1-3H3,(H,34,43)(H,35,44)(H,37,38,39,40)/t22-,23+,24?,27+/m1/s1. The van der Waals surface area contributed by atoms with Crippen molar-refractivity contribution in [2.24, 2.45) is 5.92 Å². The first-order valence-electron chi connectivity index (χ1n) is 15.2. The van der Waals surface area contributed by atoms with E-state index in [1.807, 2.05) is 36.4 Å². The Labute approximate surface area is 256 Å². The molecule has 3 aliphatic rings. The number of amides is 3. The van der Waals surface area contributed by atoms with Gasteiger partial charge in [-0.1, -0.05) is 19.1 Å². The first kappa shape index (κ1) is 29.4. The van der Waals surface area contributed by atoms with Crippen LogP contribution in [-0.4, -0.2) is 82.0 Å². The van der Waals surface area contributed by atoms with Crippen molar-refractivity contribution >= 4 is 17.7 Å². The summed E-state index contributed by atoms with van der Waals surface area (Å²) in [5.41, 5.74) is 4.13. The molecule has 1 saturated heterocycles. The molecule has 2 heterocycles. The molecule has 4 N–H and O–H groups in total. The van der Waals surface area contributed by atoms with E-state index in [1.165, 1.54) is 0 Å². The SMILES string of the molecule is CC[C@@H](CC1(c2nnn[nH]2)c2ccc(C(=O)NC)cc2CCc2cc(C(=O)NC)ccc21)NCC(=O)N1C(C#N)C[C@@H]2C[C@@H]21. The third-order valence-corrected chi connectivity index (χ3v) is 9.65. The van der Waals surface area contributed by atoms with E-state index < -0.39 is 5.41 Å². The van der Waals surface area contributed by atoms with E-state index in [4.69, 9.17) is 0 Å². The Morgan fingerprint density at radius 2 is 1.68 bits per heavy atom. The van der Waals surface area contributed by atoms with Crippen molar-refractivity contribution in [2.75, 3.05) is 20.6 Å². The fourth-order valence-corrected chi connectivity index (χ4v) is 7.32. The number of aromatic nitrogens is 4. The monoisotopic (exact) mass is 595 g/mol. The highest BCUT2D eigenvalue weighted by atomic mass is 16.2. The highest BCUT2D eigenvalue weighted by Crippen LogP contribution is 2.48. The van der Waals surface area contributed by atoms with Crippen molar-refractivity contribution in [1.82, 2.24) is 41.5 Å². The second-order valence-corrected chi connectivity index (χ2v) is 12.0. The summed E-state index contributed by atoms with van der Waals surface area (Å²) < 4.78 is 0. The second kappa shape index (κ2) is 11.8. The van der Waals surface area contributed by atoms with E-state index in [1.54, 1.807) is 19.0 Å². The van der Waals surface area contributed by atoms with Gasteiger partial charge in [-0.3, -0.25) is 14.4 Å². The lowest BCUT2D eigenvalue weighted by atomic mass is 9.67. The Kier molecular flexibility index (Phi) is 7.90. The molecule has 2 aromatic carbocycles. The Bertz CT molecular complexity index is 1560. The minimum Gasteiger partial charge on any atom is -0.355 e. The lowest BCUT2D eigenvalue weighted by Crippen LogP contribution is -2.47. The Hall–Kier alpha value is -4.63. The van der Waals surface area contributed by atoms with E-state index in [0.29, 0.717) is 48.6 Å². The minimum absolute atomic E-state index is 0.0533. The van der Waals surface area contributed by atoms with Gasteiger partial charge in [0.2, 0.25) is 5.91 Å². The van der Waals surface area contributed by atoms with Crippen LogP contribution in [0.4, 0.5) is 0 Å². The molecule has 2 fully saturated rings. The number of nitriles is 1. The maximum atomic E-state index is 13.4.